The Hall–Kier alpha value is -2.38. The molecule has 2 amide bonds. The van der Waals surface area contributed by atoms with Crippen molar-refractivity contribution < 1.29 is 19.5 Å². The topological polar surface area (TPSA) is 95.7 Å². The SMILES string of the molecule is Cc1cc(C)n(C(C)CC(=O)N(C)CC(=O)N2CCCC(C(=O)O)C2)n1. The Morgan fingerprint density at radius 2 is 2.08 bits per heavy atom. The maximum absolute atomic E-state index is 12.5. The van der Waals surface area contributed by atoms with E-state index in [2.05, 4.69) is 5.10 Å². The number of carbonyl (C=O) groups is 3. The molecule has 1 aromatic rings. The van der Waals surface area contributed by atoms with Crippen LogP contribution in [-0.2, 0) is 14.4 Å². The van der Waals surface area contributed by atoms with Crippen LogP contribution in [-0.4, -0.2) is 69.2 Å². The van der Waals surface area contributed by atoms with Gasteiger partial charge >= 0.3 is 5.97 Å². The van der Waals surface area contributed by atoms with Gasteiger partial charge in [0.25, 0.3) is 0 Å². The van der Waals surface area contributed by atoms with Gasteiger partial charge < -0.3 is 14.9 Å². The second kappa shape index (κ2) is 8.33. The lowest BCUT2D eigenvalue weighted by Gasteiger charge is -2.32. The molecule has 0 aliphatic carbocycles. The number of likely N-dealkylation sites (tertiary alicyclic amines) is 1. The largest absolute Gasteiger partial charge is 0.481 e. The summed E-state index contributed by atoms with van der Waals surface area (Å²) in [6.45, 7) is 6.52. The molecule has 8 heteroatoms. The van der Waals surface area contributed by atoms with E-state index in [1.807, 2.05) is 31.5 Å². The van der Waals surface area contributed by atoms with Crippen LogP contribution < -0.4 is 0 Å². The number of carboxylic acid groups (broad SMARTS) is 1. The number of likely N-dealkylation sites (N-methyl/N-ethyl adjacent to an activating group) is 1. The van der Waals surface area contributed by atoms with Crippen LogP contribution in [0.5, 0.6) is 0 Å². The summed E-state index contributed by atoms with van der Waals surface area (Å²) in [6.07, 6.45) is 1.52. The molecule has 1 fully saturated rings. The second-order valence-electron chi connectivity index (χ2n) is 7.19. The molecule has 2 unspecified atom stereocenters. The van der Waals surface area contributed by atoms with Crippen molar-refractivity contribution in [2.75, 3.05) is 26.7 Å². The molecule has 2 atom stereocenters. The van der Waals surface area contributed by atoms with Gasteiger partial charge in [0.05, 0.1) is 24.2 Å². The summed E-state index contributed by atoms with van der Waals surface area (Å²) in [5.41, 5.74) is 1.90. The van der Waals surface area contributed by atoms with E-state index in [0.29, 0.717) is 19.4 Å². The van der Waals surface area contributed by atoms with Crippen molar-refractivity contribution in [1.29, 1.82) is 0 Å². The van der Waals surface area contributed by atoms with Gasteiger partial charge in [-0.25, -0.2) is 0 Å². The van der Waals surface area contributed by atoms with Gasteiger partial charge in [0.2, 0.25) is 11.8 Å². The van der Waals surface area contributed by atoms with Crippen molar-refractivity contribution in [3.63, 3.8) is 0 Å². The molecule has 0 saturated carbocycles. The summed E-state index contributed by atoms with van der Waals surface area (Å²) in [5.74, 6) is -1.72. The number of nitrogens with zero attached hydrogens (tertiary/aromatic N) is 4. The lowest BCUT2D eigenvalue weighted by Crippen LogP contribution is -2.47. The molecule has 144 valence electrons. The number of hydrogen-bond donors (Lipinski definition) is 1. The minimum Gasteiger partial charge on any atom is -0.481 e. The van der Waals surface area contributed by atoms with E-state index in [4.69, 9.17) is 5.11 Å². The molecule has 1 N–H and O–H groups in total. The molecule has 1 aliphatic rings. The Labute approximate surface area is 153 Å². The van der Waals surface area contributed by atoms with Gasteiger partial charge in [-0.3, -0.25) is 19.1 Å². The van der Waals surface area contributed by atoms with E-state index in [9.17, 15) is 14.4 Å². The van der Waals surface area contributed by atoms with Gasteiger partial charge in [-0.15, -0.1) is 0 Å². The maximum Gasteiger partial charge on any atom is 0.308 e. The molecule has 0 aromatic carbocycles. The molecule has 0 bridgehead atoms. The Bertz CT molecular complexity index is 685. The number of rotatable bonds is 6. The monoisotopic (exact) mass is 364 g/mol. The third-order valence-corrected chi connectivity index (χ3v) is 4.85. The molecule has 1 saturated heterocycles. The van der Waals surface area contributed by atoms with Gasteiger partial charge in [0, 0.05) is 32.3 Å². The number of aromatic nitrogens is 2. The third-order valence-electron chi connectivity index (χ3n) is 4.85. The highest BCUT2D eigenvalue weighted by Crippen LogP contribution is 2.18. The van der Waals surface area contributed by atoms with Crippen LogP contribution in [0.1, 0.15) is 43.6 Å². The first-order valence-electron chi connectivity index (χ1n) is 8.96. The molecule has 1 aromatic heterocycles. The quantitative estimate of drug-likeness (QED) is 0.819. The molecule has 0 spiro atoms. The van der Waals surface area contributed by atoms with Crippen LogP contribution in [0.4, 0.5) is 0 Å². The third kappa shape index (κ3) is 4.83. The van der Waals surface area contributed by atoms with E-state index < -0.39 is 11.9 Å². The number of hydrogen-bond acceptors (Lipinski definition) is 4. The van der Waals surface area contributed by atoms with Crippen molar-refractivity contribution >= 4 is 17.8 Å². The zero-order valence-electron chi connectivity index (χ0n) is 15.9. The van der Waals surface area contributed by atoms with Crippen LogP contribution in [0.25, 0.3) is 0 Å². The van der Waals surface area contributed by atoms with Gasteiger partial charge in [0.1, 0.15) is 0 Å². The predicted octanol–water partition coefficient (Wildman–Crippen LogP) is 1.23. The Morgan fingerprint density at radius 3 is 2.65 bits per heavy atom. The number of carboxylic acids is 1. The number of piperidine rings is 1. The zero-order valence-corrected chi connectivity index (χ0v) is 15.9. The molecule has 0 radical (unpaired) electrons. The lowest BCUT2D eigenvalue weighted by molar-refractivity contribution is -0.147. The standard InChI is InChI=1S/C18H28N4O4/c1-12-8-13(2)22(19-12)14(3)9-16(23)20(4)11-17(24)21-7-5-6-15(10-21)18(25)26/h8,14-15H,5-7,9-11H2,1-4H3,(H,25,26). The molecule has 2 rings (SSSR count). The van der Waals surface area contributed by atoms with Crippen molar-refractivity contribution in [2.45, 2.75) is 46.1 Å². The first-order valence-corrected chi connectivity index (χ1v) is 8.96. The van der Waals surface area contributed by atoms with Crippen LogP contribution in [0.15, 0.2) is 6.07 Å². The van der Waals surface area contributed by atoms with E-state index in [1.54, 1.807) is 11.9 Å². The maximum atomic E-state index is 12.5. The lowest BCUT2D eigenvalue weighted by atomic mass is 9.98. The van der Waals surface area contributed by atoms with Crippen LogP contribution >= 0.6 is 0 Å². The summed E-state index contributed by atoms with van der Waals surface area (Å²) in [5, 5.41) is 13.5. The predicted molar refractivity (Wildman–Crippen MR) is 95.6 cm³/mol. The smallest absolute Gasteiger partial charge is 0.308 e. The first-order chi connectivity index (χ1) is 12.2. The van der Waals surface area contributed by atoms with Crippen molar-refractivity contribution in [3.8, 4) is 0 Å². The average molecular weight is 364 g/mol. The second-order valence-corrected chi connectivity index (χ2v) is 7.19. The van der Waals surface area contributed by atoms with Gasteiger partial charge in [-0.1, -0.05) is 0 Å². The highest BCUT2D eigenvalue weighted by atomic mass is 16.4. The van der Waals surface area contributed by atoms with Crippen molar-refractivity contribution in [2.24, 2.45) is 5.92 Å². The minimum absolute atomic E-state index is 0.0327. The van der Waals surface area contributed by atoms with Crippen molar-refractivity contribution in [3.05, 3.63) is 17.5 Å². The van der Waals surface area contributed by atoms with Crippen LogP contribution in [0.2, 0.25) is 0 Å². The molecular weight excluding hydrogens is 336 g/mol. The van der Waals surface area contributed by atoms with Crippen LogP contribution in [0.3, 0.4) is 0 Å². The normalized spacial score (nSPS) is 18.5. The highest BCUT2D eigenvalue weighted by molar-refractivity contribution is 5.85. The molecule has 8 nitrogen and oxygen atoms in total. The summed E-state index contributed by atoms with van der Waals surface area (Å²) in [7, 11) is 1.60. The number of aliphatic carboxylic acids is 1. The number of amides is 2. The fourth-order valence-corrected chi connectivity index (χ4v) is 3.38. The van der Waals surface area contributed by atoms with Gasteiger partial charge in [-0.2, -0.15) is 5.10 Å². The fourth-order valence-electron chi connectivity index (χ4n) is 3.38. The van der Waals surface area contributed by atoms with Gasteiger partial charge in [-0.05, 0) is 39.7 Å². The summed E-state index contributed by atoms with van der Waals surface area (Å²) in [4.78, 5) is 39.0. The van der Waals surface area contributed by atoms with E-state index >= 15 is 0 Å². The Balaban J connectivity index is 1.89. The molecule has 26 heavy (non-hydrogen) atoms. The Kier molecular flexibility index (Phi) is 6.39. The summed E-state index contributed by atoms with van der Waals surface area (Å²) < 4.78 is 1.82. The number of aryl methyl sites for hydroxylation is 2. The molecular formula is C18H28N4O4. The Morgan fingerprint density at radius 1 is 1.38 bits per heavy atom. The fraction of sp³-hybridized carbons (Fsp3) is 0.667. The summed E-state index contributed by atoms with van der Waals surface area (Å²) in [6, 6.07) is 1.86. The van der Waals surface area contributed by atoms with Crippen LogP contribution in [0, 0.1) is 19.8 Å². The highest BCUT2D eigenvalue weighted by Gasteiger charge is 2.29. The minimum atomic E-state index is -0.870. The first kappa shape index (κ1) is 19.9. The van der Waals surface area contributed by atoms with Gasteiger partial charge in [0.15, 0.2) is 0 Å². The average Bonchev–Trinajstić information content (AvgIpc) is 2.93. The number of carbonyl (C=O) groups excluding carboxylic acids is 2. The molecule has 1 aliphatic heterocycles. The summed E-state index contributed by atoms with van der Waals surface area (Å²) >= 11 is 0. The van der Waals surface area contributed by atoms with Crippen molar-refractivity contribution in [1.82, 2.24) is 19.6 Å². The zero-order chi connectivity index (χ0) is 19.4. The van der Waals surface area contributed by atoms with E-state index in [0.717, 1.165) is 11.4 Å². The molecule has 2 heterocycles. The van der Waals surface area contributed by atoms with E-state index in [-0.39, 0.29) is 37.4 Å². The van der Waals surface area contributed by atoms with E-state index in [1.165, 1.54) is 4.90 Å².